The van der Waals surface area contributed by atoms with Crippen molar-refractivity contribution in [1.29, 1.82) is 0 Å². The van der Waals surface area contributed by atoms with Gasteiger partial charge in [0, 0.05) is 29.6 Å². The number of hydrogen-bond acceptors (Lipinski definition) is 5. The van der Waals surface area contributed by atoms with Crippen LogP contribution in [0.4, 0.5) is 0 Å². The van der Waals surface area contributed by atoms with Gasteiger partial charge in [0.1, 0.15) is 5.76 Å². The Morgan fingerprint density at radius 2 is 2.26 bits per heavy atom. The Kier molecular flexibility index (Phi) is 4.31. The van der Waals surface area contributed by atoms with Gasteiger partial charge in [-0.25, -0.2) is 4.98 Å². The van der Waals surface area contributed by atoms with Crippen LogP contribution in [0, 0.1) is 13.8 Å². The van der Waals surface area contributed by atoms with E-state index in [2.05, 4.69) is 22.4 Å². The van der Waals surface area contributed by atoms with E-state index in [0.29, 0.717) is 12.3 Å². The summed E-state index contributed by atoms with van der Waals surface area (Å²) >= 11 is 1.63. The molecule has 0 radical (unpaired) electrons. The number of nitrogens with one attached hydrogen (secondary N) is 1. The summed E-state index contributed by atoms with van der Waals surface area (Å²) in [5.74, 6) is 0.753. The van der Waals surface area contributed by atoms with Crippen LogP contribution in [0.5, 0.6) is 0 Å². The second-order valence-electron chi connectivity index (χ2n) is 4.64. The maximum absolute atomic E-state index is 11.7. The van der Waals surface area contributed by atoms with Crippen LogP contribution < -0.4 is 5.32 Å². The van der Waals surface area contributed by atoms with Crippen LogP contribution in [-0.2, 0) is 11.2 Å². The van der Waals surface area contributed by atoms with E-state index in [-0.39, 0.29) is 18.2 Å². The molecule has 0 saturated heterocycles. The fourth-order valence-corrected chi connectivity index (χ4v) is 2.53. The summed E-state index contributed by atoms with van der Waals surface area (Å²) < 4.78 is 5.01. The summed E-state index contributed by atoms with van der Waals surface area (Å²) in [6.45, 7) is 6.44. The van der Waals surface area contributed by atoms with Crippen molar-refractivity contribution in [3.63, 3.8) is 0 Å². The molecule has 2 aromatic rings. The van der Waals surface area contributed by atoms with Crippen molar-refractivity contribution >= 4 is 17.2 Å². The maximum atomic E-state index is 11.7. The Bertz CT molecular complexity index is 562. The fraction of sp³-hybridized carbons (Fsp3) is 0.462. The number of thiazole rings is 1. The highest BCUT2D eigenvalue weighted by atomic mass is 32.1. The number of aryl methyl sites for hydroxylation is 2. The van der Waals surface area contributed by atoms with E-state index in [9.17, 15) is 4.79 Å². The quantitative estimate of drug-likeness (QED) is 0.911. The topological polar surface area (TPSA) is 68.0 Å². The van der Waals surface area contributed by atoms with Gasteiger partial charge in [0.05, 0.1) is 17.1 Å². The monoisotopic (exact) mass is 279 g/mol. The normalized spacial score (nSPS) is 12.4. The first-order valence-corrected chi connectivity index (χ1v) is 7.03. The summed E-state index contributed by atoms with van der Waals surface area (Å²) in [6, 6.07) is 1.77. The van der Waals surface area contributed by atoms with Crippen LogP contribution in [0.1, 0.15) is 35.0 Å². The molecule has 1 N–H and O–H groups in total. The third-order valence-corrected chi connectivity index (χ3v) is 3.87. The zero-order valence-corrected chi connectivity index (χ0v) is 12.1. The number of amides is 1. The van der Waals surface area contributed by atoms with Gasteiger partial charge in [-0.3, -0.25) is 4.79 Å². The molecule has 0 fully saturated rings. The number of rotatable bonds is 5. The predicted molar refractivity (Wildman–Crippen MR) is 73.2 cm³/mol. The smallest absolute Gasteiger partial charge is 0.227 e. The van der Waals surface area contributed by atoms with Gasteiger partial charge < -0.3 is 9.84 Å². The van der Waals surface area contributed by atoms with Crippen LogP contribution in [0.3, 0.4) is 0 Å². The van der Waals surface area contributed by atoms with Crippen molar-refractivity contribution in [3.8, 4) is 0 Å². The lowest BCUT2D eigenvalue weighted by molar-refractivity contribution is -0.120. The van der Waals surface area contributed by atoms with Crippen LogP contribution in [0.2, 0.25) is 0 Å². The zero-order chi connectivity index (χ0) is 13.8. The Morgan fingerprint density at radius 1 is 1.47 bits per heavy atom. The minimum atomic E-state index is -0.0590. The molecule has 2 heterocycles. The highest BCUT2D eigenvalue weighted by Crippen LogP contribution is 2.18. The van der Waals surface area contributed by atoms with Gasteiger partial charge in [-0.15, -0.1) is 11.3 Å². The van der Waals surface area contributed by atoms with E-state index in [4.69, 9.17) is 4.52 Å². The molecular formula is C13H17N3O2S. The first kappa shape index (κ1) is 13.7. The second-order valence-corrected chi connectivity index (χ2v) is 5.53. The summed E-state index contributed by atoms with van der Waals surface area (Å²) in [4.78, 5) is 16.2. The third kappa shape index (κ3) is 3.89. The summed E-state index contributed by atoms with van der Waals surface area (Å²) in [7, 11) is 0. The Balaban J connectivity index is 1.80. The van der Waals surface area contributed by atoms with Crippen molar-refractivity contribution in [3.05, 3.63) is 33.6 Å². The van der Waals surface area contributed by atoms with Gasteiger partial charge in [0.25, 0.3) is 0 Å². The number of carbonyl (C=O) groups excluding carboxylic acids is 1. The molecule has 0 spiro atoms. The number of nitrogens with zero attached hydrogens (tertiary/aromatic N) is 2. The Labute approximate surface area is 116 Å². The van der Waals surface area contributed by atoms with Crippen LogP contribution in [0.15, 0.2) is 16.0 Å². The molecule has 19 heavy (non-hydrogen) atoms. The zero-order valence-electron chi connectivity index (χ0n) is 11.3. The van der Waals surface area contributed by atoms with Crippen LogP contribution in [0.25, 0.3) is 0 Å². The van der Waals surface area contributed by atoms with Gasteiger partial charge in [0.2, 0.25) is 5.91 Å². The molecule has 1 atom stereocenters. The van der Waals surface area contributed by atoms with Crippen LogP contribution >= 0.6 is 11.3 Å². The van der Waals surface area contributed by atoms with Crippen molar-refractivity contribution in [1.82, 2.24) is 15.5 Å². The molecule has 0 bridgehead atoms. The molecule has 6 heteroatoms. The molecule has 0 aromatic carbocycles. The molecule has 2 rings (SSSR count). The molecule has 0 aliphatic rings. The Morgan fingerprint density at radius 3 is 2.84 bits per heavy atom. The van der Waals surface area contributed by atoms with Crippen LogP contribution in [-0.4, -0.2) is 22.6 Å². The maximum Gasteiger partial charge on any atom is 0.227 e. The van der Waals surface area contributed by atoms with Gasteiger partial charge in [0.15, 0.2) is 0 Å². The van der Waals surface area contributed by atoms with E-state index < -0.39 is 0 Å². The standard InChI is InChI=1S/C13H17N3O2S/c1-8(13-15-10(3)7-19-13)6-14-12(17)5-11-4-9(2)16-18-11/h4,7-8H,5-6H2,1-3H3,(H,14,17). The lowest BCUT2D eigenvalue weighted by Crippen LogP contribution is -2.28. The number of aromatic nitrogens is 2. The van der Waals surface area contributed by atoms with E-state index >= 15 is 0 Å². The van der Waals surface area contributed by atoms with Crippen molar-refractivity contribution in [2.45, 2.75) is 33.1 Å². The van der Waals surface area contributed by atoms with E-state index in [1.807, 2.05) is 19.2 Å². The van der Waals surface area contributed by atoms with Gasteiger partial charge in [-0.2, -0.15) is 0 Å². The van der Waals surface area contributed by atoms with Gasteiger partial charge >= 0.3 is 0 Å². The van der Waals surface area contributed by atoms with Gasteiger partial charge in [-0.1, -0.05) is 12.1 Å². The molecule has 0 aliphatic carbocycles. The van der Waals surface area contributed by atoms with Crippen molar-refractivity contribution < 1.29 is 9.32 Å². The van der Waals surface area contributed by atoms with Crippen molar-refractivity contribution in [2.75, 3.05) is 6.54 Å². The third-order valence-electron chi connectivity index (χ3n) is 2.68. The molecule has 0 saturated carbocycles. The SMILES string of the molecule is Cc1cc(CC(=O)NCC(C)c2nc(C)cs2)on1. The minimum Gasteiger partial charge on any atom is -0.361 e. The number of carbonyl (C=O) groups is 1. The summed E-state index contributed by atoms with van der Waals surface area (Å²) in [6.07, 6.45) is 0.227. The fourth-order valence-electron chi connectivity index (χ4n) is 1.67. The highest BCUT2D eigenvalue weighted by molar-refractivity contribution is 7.09. The largest absolute Gasteiger partial charge is 0.361 e. The summed E-state index contributed by atoms with van der Waals surface area (Å²) in [5, 5.41) is 9.71. The molecule has 1 amide bonds. The average molecular weight is 279 g/mol. The lowest BCUT2D eigenvalue weighted by atomic mass is 10.2. The molecular weight excluding hydrogens is 262 g/mol. The first-order valence-electron chi connectivity index (χ1n) is 6.15. The van der Waals surface area contributed by atoms with E-state index in [0.717, 1.165) is 16.4 Å². The molecule has 2 aromatic heterocycles. The van der Waals surface area contributed by atoms with E-state index in [1.54, 1.807) is 17.4 Å². The summed E-state index contributed by atoms with van der Waals surface area (Å²) in [5.41, 5.74) is 1.81. The molecule has 102 valence electrons. The van der Waals surface area contributed by atoms with E-state index in [1.165, 1.54) is 0 Å². The molecule has 5 nitrogen and oxygen atoms in total. The average Bonchev–Trinajstić information content (AvgIpc) is 2.95. The predicted octanol–water partition coefficient (Wildman–Crippen LogP) is 2.21. The number of hydrogen-bond donors (Lipinski definition) is 1. The lowest BCUT2D eigenvalue weighted by Gasteiger charge is -2.09. The second kappa shape index (κ2) is 5.97. The van der Waals surface area contributed by atoms with Gasteiger partial charge in [-0.05, 0) is 13.8 Å². The Hall–Kier alpha value is -1.69. The molecule has 1 unspecified atom stereocenters. The minimum absolute atomic E-state index is 0.0590. The first-order chi connectivity index (χ1) is 9.04. The molecule has 0 aliphatic heterocycles. The van der Waals surface area contributed by atoms with Crippen molar-refractivity contribution in [2.24, 2.45) is 0 Å². The highest BCUT2D eigenvalue weighted by Gasteiger charge is 2.12.